The molecule has 2 aromatic heterocycles. The van der Waals surface area contributed by atoms with Crippen molar-refractivity contribution in [1.82, 2.24) is 9.97 Å². The third kappa shape index (κ3) is 3.30. The van der Waals surface area contributed by atoms with E-state index in [2.05, 4.69) is 15.3 Å². The maximum absolute atomic E-state index is 11.5. The van der Waals surface area contributed by atoms with Gasteiger partial charge in [0.1, 0.15) is 5.01 Å². The molecule has 19 heavy (non-hydrogen) atoms. The first-order valence-corrected chi connectivity index (χ1v) is 7.59. The molecule has 0 saturated carbocycles. The van der Waals surface area contributed by atoms with Gasteiger partial charge in [-0.1, -0.05) is 0 Å². The summed E-state index contributed by atoms with van der Waals surface area (Å²) in [5.74, 6) is -0.390. The Bertz CT molecular complexity index is 549. The fraction of sp³-hybridized carbons (Fsp3) is 0.417. The molecule has 1 N–H and O–H groups in total. The fourth-order valence-corrected chi connectivity index (χ4v) is 3.04. The van der Waals surface area contributed by atoms with Gasteiger partial charge in [0.05, 0.1) is 12.1 Å². The average molecular weight is 297 g/mol. The molecule has 2 aromatic rings. The van der Waals surface area contributed by atoms with Gasteiger partial charge >= 0.3 is 5.97 Å². The van der Waals surface area contributed by atoms with Crippen molar-refractivity contribution < 1.29 is 9.53 Å². The maximum Gasteiger partial charge on any atom is 0.357 e. The molecule has 0 aromatic carbocycles. The van der Waals surface area contributed by atoms with Crippen LogP contribution in [0.3, 0.4) is 0 Å². The van der Waals surface area contributed by atoms with Gasteiger partial charge in [0.15, 0.2) is 10.8 Å². The molecular weight excluding hydrogens is 282 g/mol. The maximum atomic E-state index is 11.5. The first-order valence-electron chi connectivity index (χ1n) is 5.83. The number of rotatable bonds is 5. The summed E-state index contributed by atoms with van der Waals surface area (Å²) in [7, 11) is 0. The summed E-state index contributed by atoms with van der Waals surface area (Å²) in [6.07, 6.45) is 1.77. The van der Waals surface area contributed by atoms with Gasteiger partial charge in [-0.15, -0.1) is 22.7 Å². The number of carbonyl (C=O) groups is 1. The highest BCUT2D eigenvalue weighted by Gasteiger charge is 2.24. The largest absolute Gasteiger partial charge is 0.461 e. The van der Waals surface area contributed by atoms with Gasteiger partial charge in [0.25, 0.3) is 0 Å². The highest BCUT2D eigenvalue weighted by Crippen LogP contribution is 2.28. The number of ether oxygens (including phenoxy) is 1. The third-order valence-electron chi connectivity index (χ3n) is 2.38. The molecule has 0 fully saturated rings. The quantitative estimate of drug-likeness (QED) is 0.859. The van der Waals surface area contributed by atoms with Crippen molar-refractivity contribution in [3.63, 3.8) is 0 Å². The number of aromatic nitrogens is 2. The average Bonchev–Trinajstić information content (AvgIpc) is 2.98. The standard InChI is InChI=1S/C12H15N3O2S2/c1-4-17-9(16)8-7-19-11(14-8)15-12(2,3)10-13-5-6-18-10/h5-7H,4H2,1-3H3,(H,14,15). The lowest BCUT2D eigenvalue weighted by Gasteiger charge is -2.23. The zero-order valence-corrected chi connectivity index (χ0v) is 12.6. The molecule has 102 valence electrons. The first-order chi connectivity index (χ1) is 9.03. The summed E-state index contributed by atoms with van der Waals surface area (Å²) in [6.45, 7) is 6.17. The number of nitrogens with zero attached hydrogens (tertiary/aromatic N) is 2. The lowest BCUT2D eigenvalue weighted by Crippen LogP contribution is -2.27. The molecule has 0 radical (unpaired) electrons. The van der Waals surface area contributed by atoms with E-state index in [1.165, 1.54) is 11.3 Å². The number of hydrogen-bond acceptors (Lipinski definition) is 7. The van der Waals surface area contributed by atoms with Gasteiger partial charge in [-0.2, -0.15) is 0 Å². The van der Waals surface area contributed by atoms with Crippen molar-refractivity contribution >= 4 is 33.8 Å². The summed E-state index contributed by atoms with van der Waals surface area (Å²) in [5.41, 5.74) is 0.0158. The fourth-order valence-electron chi connectivity index (χ4n) is 1.48. The van der Waals surface area contributed by atoms with Crippen molar-refractivity contribution in [2.24, 2.45) is 0 Å². The molecule has 5 nitrogen and oxygen atoms in total. The van der Waals surface area contributed by atoms with Gasteiger partial charge < -0.3 is 10.1 Å². The molecule has 0 amide bonds. The minimum absolute atomic E-state index is 0.321. The highest BCUT2D eigenvalue weighted by molar-refractivity contribution is 7.14. The van der Waals surface area contributed by atoms with Crippen LogP contribution in [0, 0.1) is 0 Å². The molecule has 0 atom stereocenters. The molecule has 7 heteroatoms. The van der Waals surface area contributed by atoms with Crippen LogP contribution in [0.25, 0.3) is 0 Å². The second-order valence-electron chi connectivity index (χ2n) is 4.35. The van der Waals surface area contributed by atoms with Gasteiger partial charge in [-0.3, -0.25) is 0 Å². The number of nitrogens with one attached hydrogen (secondary N) is 1. The summed E-state index contributed by atoms with van der Waals surface area (Å²) in [5, 5.41) is 8.57. The molecule has 0 aliphatic carbocycles. The molecule has 0 aliphatic rings. The van der Waals surface area contributed by atoms with E-state index in [0.29, 0.717) is 17.4 Å². The van der Waals surface area contributed by atoms with Gasteiger partial charge in [-0.05, 0) is 20.8 Å². The topological polar surface area (TPSA) is 64.1 Å². The number of hydrogen-bond donors (Lipinski definition) is 1. The smallest absolute Gasteiger partial charge is 0.357 e. The van der Waals surface area contributed by atoms with E-state index >= 15 is 0 Å². The Balaban J connectivity index is 2.10. The first kappa shape index (κ1) is 14.0. The van der Waals surface area contributed by atoms with E-state index in [9.17, 15) is 4.79 Å². The summed E-state index contributed by atoms with van der Waals surface area (Å²) in [4.78, 5) is 20.1. The van der Waals surface area contributed by atoms with Gasteiger partial charge in [0.2, 0.25) is 0 Å². The van der Waals surface area contributed by atoms with Crippen molar-refractivity contribution in [2.75, 3.05) is 11.9 Å². The van der Waals surface area contributed by atoms with Crippen LogP contribution in [0.2, 0.25) is 0 Å². The van der Waals surface area contributed by atoms with Crippen LogP contribution in [0.4, 0.5) is 5.13 Å². The molecule has 0 saturated heterocycles. The second-order valence-corrected chi connectivity index (χ2v) is 6.10. The molecular formula is C12H15N3O2S2. The Morgan fingerprint density at radius 3 is 2.89 bits per heavy atom. The third-order valence-corrected chi connectivity index (χ3v) is 4.23. The summed E-state index contributed by atoms with van der Waals surface area (Å²) < 4.78 is 4.91. The zero-order valence-electron chi connectivity index (χ0n) is 11.0. The monoisotopic (exact) mass is 297 g/mol. The number of thiazole rings is 2. The summed E-state index contributed by atoms with van der Waals surface area (Å²) in [6, 6.07) is 0. The van der Waals surface area contributed by atoms with E-state index in [0.717, 1.165) is 5.01 Å². The molecule has 0 bridgehead atoms. The van der Waals surface area contributed by atoms with Crippen LogP contribution in [-0.2, 0) is 10.3 Å². The predicted molar refractivity (Wildman–Crippen MR) is 76.8 cm³/mol. The van der Waals surface area contributed by atoms with Crippen LogP contribution in [0.15, 0.2) is 17.0 Å². The lowest BCUT2D eigenvalue weighted by molar-refractivity contribution is 0.0520. The van der Waals surface area contributed by atoms with E-state index in [1.54, 1.807) is 29.8 Å². The van der Waals surface area contributed by atoms with Gasteiger partial charge in [0, 0.05) is 17.0 Å². The molecule has 0 unspecified atom stereocenters. The van der Waals surface area contributed by atoms with Crippen LogP contribution in [0.5, 0.6) is 0 Å². The van der Waals surface area contributed by atoms with Crippen LogP contribution < -0.4 is 5.32 Å². The van der Waals surface area contributed by atoms with Crippen LogP contribution in [0.1, 0.15) is 36.3 Å². The summed E-state index contributed by atoms with van der Waals surface area (Å²) >= 11 is 2.96. The Morgan fingerprint density at radius 2 is 2.26 bits per heavy atom. The van der Waals surface area contributed by atoms with E-state index in [-0.39, 0.29) is 11.5 Å². The normalized spacial score (nSPS) is 11.3. The van der Waals surface area contributed by atoms with E-state index in [1.807, 2.05) is 19.2 Å². The van der Waals surface area contributed by atoms with Crippen molar-refractivity contribution in [1.29, 1.82) is 0 Å². The number of anilines is 1. The minimum atomic E-state index is -0.390. The van der Waals surface area contributed by atoms with Gasteiger partial charge in [-0.25, -0.2) is 14.8 Å². The van der Waals surface area contributed by atoms with Crippen LogP contribution in [-0.4, -0.2) is 22.5 Å². The minimum Gasteiger partial charge on any atom is -0.461 e. The molecule has 0 aliphatic heterocycles. The Kier molecular flexibility index (Phi) is 4.16. The number of carbonyl (C=O) groups excluding carboxylic acids is 1. The number of esters is 1. The predicted octanol–water partition coefficient (Wildman–Crippen LogP) is 3.12. The zero-order chi connectivity index (χ0) is 13.9. The Labute approximate surface area is 119 Å². The highest BCUT2D eigenvalue weighted by atomic mass is 32.1. The Hall–Kier alpha value is -1.47. The van der Waals surface area contributed by atoms with E-state index in [4.69, 9.17) is 4.74 Å². The second kappa shape index (κ2) is 5.66. The molecule has 2 heterocycles. The molecule has 2 rings (SSSR count). The van der Waals surface area contributed by atoms with Crippen molar-refractivity contribution in [3.8, 4) is 0 Å². The lowest BCUT2D eigenvalue weighted by atomic mass is 10.1. The van der Waals surface area contributed by atoms with Crippen molar-refractivity contribution in [2.45, 2.75) is 26.3 Å². The molecule has 0 spiro atoms. The Morgan fingerprint density at radius 1 is 1.47 bits per heavy atom. The SMILES string of the molecule is CCOC(=O)c1csc(NC(C)(C)c2nccs2)n1. The van der Waals surface area contributed by atoms with Crippen molar-refractivity contribution in [3.05, 3.63) is 27.7 Å². The van der Waals surface area contributed by atoms with E-state index < -0.39 is 0 Å². The van der Waals surface area contributed by atoms with Crippen LogP contribution >= 0.6 is 22.7 Å².